The average Bonchev–Trinajstić information content (AvgIpc) is 2.60. The van der Waals surface area contributed by atoms with Gasteiger partial charge in [0.05, 0.1) is 11.0 Å². The van der Waals surface area contributed by atoms with Gasteiger partial charge in [0, 0.05) is 18.2 Å². The van der Waals surface area contributed by atoms with E-state index in [0.29, 0.717) is 12.2 Å². The summed E-state index contributed by atoms with van der Waals surface area (Å²) in [5.41, 5.74) is 1.73. The van der Waals surface area contributed by atoms with Crippen molar-refractivity contribution in [2.24, 2.45) is 0 Å². The number of amides is 1. The van der Waals surface area contributed by atoms with Crippen LogP contribution in [0, 0.1) is 17.0 Å². The zero-order valence-corrected chi connectivity index (χ0v) is 14.1. The minimum atomic E-state index is -0.470. The van der Waals surface area contributed by atoms with Crippen LogP contribution in [0.3, 0.4) is 0 Å². The first-order valence-corrected chi connectivity index (χ1v) is 7.86. The maximum absolute atomic E-state index is 11.9. The lowest BCUT2D eigenvalue weighted by atomic mass is 10.2. The number of hydrogen-bond acceptors (Lipinski definition) is 4. The summed E-state index contributed by atoms with van der Waals surface area (Å²) in [4.78, 5) is 22.2. The van der Waals surface area contributed by atoms with Crippen molar-refractivity contribution in [3.05, 3.63) is 75.8 Å². The molecule has 0 aliphatic rings. The van der Waals surface area contributed by atoms with Crippen LogP contribution in [0.1, 0.15) is 18.1 Å². The molecule has 2 rings (SSSR count). The number of nitrogens with one attached hydrogen (secondary N) is 1. The van der Waals surface area contributed by atoms with E-state index in [-0.39, 0.29) is 17.6 Å². The van der Waals surface area contributed by atoms with Gasteiger partial charge in [0.25, 0.3) is 5.69 Å². The van der Waals surface area contributed by atoms with Crippen molar-refractivity contribution in [2.75, 3.05) is 6.61 Å². The third kappa shape index (κ3) is 6.10. The second kappa shape index (κ2) is 8.63. The van der Waals surface area contributed by atoms with Crippen molar-refractivity contribution in [1.29, 1.82) is 0 Å². The van der Waals surface area contributed by atoms with Crippen LogP contribution < -0.4 is 10.1 Å². The van der Waals surface area contributed by atoms with Crippen molar-refractivity contribution >= 4 is 17.7 Å². The molecule has 2 aromatic carbocycles. The van der Waals surface area contributed by atoms with E-state index in [1.807, 2.05) is 38.1 Å². The Balaban J connectivity index is 1.83. The van der Waals surface area contributed by atoms with E-state index in [9.17, 15) is 14.9 Å². The van der Waals surface area contributed by atoms with Gasteiger partial charge in [-0.2, -0.15) is 0 Å². The summed E-state index contributed by atoms with van der Waals surface area (Å²) in [7, 11) is 0. The molecule has 25 heavy (non-hydrogen) atoms. The Kier molecular flexibility index (Phi) is 6.28. The zero-order chi connectivity index (χ0) is 18.2. The Bertz CT molecular complexity index is 769. The predicted octanol–water partition coefficient (Wildman–Crippen LogP) is 3.50. The van der Waals surface area contributed by atoms with Crippen molar-refractivity contribution < 1.29 is 14.5 Å². The standard InChI is InChI=1S/C19H20N2O4/c1-14-6-9-18(10-7-14)25-13-15(2)20-19(22)11-8-16-4-3-5-17(12-16)21(23)24/h3-12,15H,13H2,1-2H3,(H,20,22)/b11-8+. The molecule has 0 saturated heterocycles. The van der Waals surface area contributed by atoms with E-state index >= 15 is 0 Å². The van der Waals surface area contributed by atoms with E-state index in [1.54, 1.807) is 12.1 Å². The van der Waals surface area contributed by atoms with Gasteiger partial charge in [-0.15, -0.1) is 0 Å². The topological polar surface area (TPSA) is 81.5 Å². The van der Waals surface area contributed by atoms with Gasteiger partial charge in [-0.25, -0.2) is 0 Å². The molecule has 1 atom stereocenters. The summed E-state index contributed by atoms with van der Waals surface area (Å²) >= 11 is 0. The van der Waals surface area contributed by atoms with Crippen LogP contribution in [0.5, 0.6) is 5.75 Å². The van der Waals surface area contributed by atoms with Crippen LogP contribution in [-0.4, -0.2) is 23.5 Å². The van der Waals surface area contributed by atoms with Gasteiger partial charge in [-0.05, 0) is 37.6 Å². The van der Waals surface area contributed by atoms with Crippen LogP contribution in [-0.2, 0) is 4.79 Å². The first-order chi connectivity index (χ1) is 11.9. The number of aryl methyl sites for hydroxylation is 1. The lowest BCUT2D eigenvalue weighted by molar-refractivity contribution is -0.384. The fourth-order valence-electron chi connectivity index (χ4n) is 2.10. The highest BCUT2D eigenvalue weighted by Gasteiger charge is 2.07. The highest BCUT2D eigenvalue weighted by molar-refractivity contribution is 5.91. The first kappa shape index (κ1) is 18.2. The monoisotopic (exact) mass is 340 g/mol. The third-order valence-corrected chi connectivity index (χ3v) is 3.42. The highest BCUT2D eigenvalue weighted by atomic mass is 16.6. The van der Waals surface area contributed by atoms with Gasteiger partial charge < -0.3 is 10.1 Å². The van der Waals surface area contributed by atoms with E-state index in [1.165, 1.54) is 24.3 Å². The molecule has 0 bridgehead atoms. The van der Waals surface area contributed by atoms with Crippen molar-refractivity contribution in [3.63, 3.8) is 0 Å². The van der Waals surface area contributed by atoms with Crippen molar-refractivity contribution in [3.8, 4) is 5.75 Å². The molecule has 0 aromatic heterocycles. The van der Waals surface area contributed by atoms with Crippen LogP contribution in [0.4, 0.5) is 5.69 Å². The van der Waals surface area contributed by atoms with E-state index in [2.05, 4.69) is 5.32 Å². The maximum atomic E-state index is 11.9. The Morgan fingerprint density at radius 3 is 2.68 bits per heavy atom. The molecule has 0 fully saturated rings. The largest absolute Gasteiger partial charge is 0.491 e. The number of hydrogen-bond donors (Lipinski definition) is 1. The third-order valence-electron chi connectivity index (χ3n) is 3.42. The second-order valence-corrected chi connectivity index (χ2v) is 5.72. The molecule has 6 nitrogen and oxygen atoms in total. The molecule has 0 spiro atoms. The lowest BCUT2D eigenvalue weighted by Crippen LogP contribution is -2.35. The number of nitro groups is 1. The van der Waals surface area contributed by atoms with Crippen molar-refractivity contribution in [2.45, 2.75) is 19.9 Å². The molecular weight excluding hydrogens is 320 g/mol. The molecule has 0 aliphatic carbocycles. The molecule has 6 heteroatoms. The summed E-state index contributed by atoms with van der Waals surface area (Å²) in [6, 6.07) is 13.6. The predicted molar refractivity (Wildman–Crippen MR) is 96.4 cm³/mol. The zero-order valence-electron chi connectivity index (χ0n) is 14.1. The fourth-order valence-corrected chi connectivity index (χ4v) is 2.10. The summed E-state index contributed by atoms with van der Waals surface area (Å²) in [6.45, 7) is 4.19. The number of ether oxygens (including phenoxy) is 1. The molecule has 0 radical (unpaired) electrons. The molecule has 2 aromatic rings. The normalized spacial score (nSPS) is 11.9. The van der Waals surface area contributed by atoms with Gasteiger partial charge in [0.1, 0.15) is 12.4 Å². The molecule has 0 heterocycles. The van der Waals surface area contributed by atoms with E-state index < -0.39 is 4.92 Å². The number of nitrogens with zero attached hydrogens (tertiary/aromatic N) is 1. The number of rotatable bonds is 7. The van der Waals surface area contributed by atoms with E-state index in [0.717, 1.165) is 11.3 Å². The molecule has 1 amide bonds. The minimum Gasteiger partial charge on any atom is -0.491 e. The first-order valence-electron chi connectivity index (χ1n) is 7.86. The summed E-state index contributed by atoms with van der Waals surface area (Å²) in [5.74, 6) is 0.463. The SMILES string of the molecule is Cc1ccc(OCC(C)NC(=O)/C=C/c2cccc([N+](=O)[O-])c2)cc1. The smallest absolute Gasteiger partial charge is 0.270 e. The Morgan fingerprint density at radius 1 is 1.28 bits per heavy atom. The lowest BCUT2D eigenvalue weighted by Gasteiger charge is -2.14. The van der Waals surface area contributed by atoms with Crippen molar-refractivity contribution in [1.82, 2.24) is 5.32 Å². The Morgan fingerprint density at radius 2 is 2.00 bits per heavy atom. The Hall–Kier alpha value is -3.15. The summed E-state index contributed by atoms with van der Waals surface area (Å²) < 4.78 is 5.61. The van der Waals surface area contributed by atoms with Gasteiger partial charge in [-0.3, -0.25) is 14.9 Å². The van der Waals surface area contributed by atoms with Gasteiger partial charge >= 0.3 is 0 Å². The summed E-state index contributed by atoms with van der Waals surface area (Å²) in [5, 5.41) is 13.5. The minimum absolute atomic E-state index is 0.0116. The average molecular weight is 340 g/mol. The summed E-state index contributed by atoms with van der Waals surface area (Å²) in [6.07, 6.45) is 2.89. The number of nitro benzene ring substituents is 1. The maximum Gasteiger partial charge on any atom is 0.270 e. The number of carbonyl (C=O) groups excluding carboxylic acids is 1. The second-order valence-electron chi connectivity index (χ2n) is 5.72. The molecular formula is C19H20N2O4. The molecule has 0 saturated carbocycles. The van der Waals surface area contributed by atoms with Crippen LogP contribution in [0.15, 0.2) is 54.6 Å². The number of non-ortho nitro benzene ring substituents is 1. The quantitative estimate of drug-likeness (QED) is 0.475. The highest BCUT2D eigenvalue weighted by Crippen LogP contribution is 2.14. The Labute approximate surface area is 146 Å². The molecule has 1 N–H and O–H groups in total. The van der Waals surface area contributed by atoms with Gasteiger partial charge in [0.15, 0.2) is 0 Å². The number of carbonyl (C=O) groups is 1. The molecule has 130 valence electrons. The molecule has 0 aliphatic heterocycles. The fraction of sp³-hybridized carbons (Fsp3) is 0.211. The van der Waals surface area contributed by atoms with Crippen LogP contribution in [0.25, 0.3) is 6.08 Å². The van der Waals surface area contributed by atoms with Crippen LogP contribution >= 0.6 is 0 Å². The molecule has 1 unspecified atom stereocenters. The number of benzene rings is 2. The van der Waals surface area contributed by atoms with E-state index in [4.69, 9.17) is 4.74 Å². The van der Waals surface area contributed by atoms with Crippen LogP contribution in [0.2, 0.25) is 0 Å². The van der Waals surface area contributed by atoms with Gasteiger partial charge in [-0.1, -0.05) is 29.8 Å². The van der Waals surface area contributed by atoms with Gasteiger partial charge in [0.2, 0.25) is 5.91 Å².